The third kappa shape index (κ3) is 2.09. The highest BCUT2D eigenvalue weighted by molar-refractivity contribution is 7.17. The highest BCUT2D eigenvalue weighted by atomic mass is 32.1. The Morgan fingerprint density at radius 3 is 2.76 bits per heavy atom. The van der Waals surface area contributed by atoms with Gasteiger partial charge in [-0.1, -0.05) is 6.07 Å². The number of aromatic hydroxyl groups is 1. The van der Waals surface area contributed by atoms with Crippen molar-refractivity contribution in [3.8, 4) is 11.4 Å². The van der Waals surface area contributed by atoms with Crippen LogP contribution in [-0.2, 0) is 0 Å². The number of benzene rings is 1. The number of nitrogen functional groups attached to an aromatic ring is 1. The van der Waals surface area contributed by atoms with E-state index in [0.717, 1.165) is 15.8 Å². The van der Waals surface area contributed by atoms with E-state index in [9.17, 15) is 9.90 Å². The third-order valence-electron chi connectivity index (χ3n) is 4.47. The Kier molecular flexibility index (Phi) is 3.23. The molecule has 0 aliphatic carbocycles. The molecule has 1 aromatic carbocycles. The second-order valence-electron chi connectivity index (χ2n) is 6.00. The van der Waals surface area contributed by atoms with Crippen LogP contribution in [-0.4, -0.2) is 20.6 Å². The number of carbonyl (C=O) groups is 1. The van der Waals surface area contributed by atoms with Crippen LogP contribution in [0.5, 0.6) is 5.75 Å². The molecule has 0 saturated carbocycles. The molecule has 5 N–H and O–H groups in total. The maximum atomic E-state index is 12.0. The topological polar surface area (TPSA) is 107 Å². The van der Waals surface area contributed by atoms with Gasteiger partial charge in [0, 0.05) is 10.9 Å². The second kappa shape index (κ2) is 5.22. The number of phenols is 1. The first kappa shape index (κ1) is 15.5. The van der Waals surface area contributed by atoms with Crippen molar-refractivity contribution < 1.29 is 9.90 Å². The zero-order chi connectivity index (χ0) is 17.9. The monoisotopic (exact) mass is 352 g/mol. The number of thiophene rings is 1. The number of pyridine rings is 1. The third-order valence-corrected chi connectivity index (χ3v) is 5.32. The average molecular weight is 352 g/mol. The molecule has 0 aliphatic heterocycles. The molecule has 4 rings (SSSR count). The molecule has 3 aromatic heterocycles. The lowest BCUT2D eigenvalue weighted by molar-refractivity contribution is 0.100. The van der Waals surface area contributed by atoms with Gasteiger partial charge in [-0.3, -0.25) is 9.36 Å². The summed E-state index contributed by atoms with van der Waals surface area (Å²) in [6.07, 6.45) is 0. The van der Waals surface area contributed by atoms with E-state index in [1.807, 2.05) is 24.4 Å². The minimum absolute atomic E-state index is 0.152. The van der Waals surface area contributed by atoms with E-state index >= 15 is 0 Å². The standard InChI is InChI=1S/C18H16N4O2S/c1-8-3-4-12(23)9(2)15(8)22-16(19)14(17(20)24)10-7-13-11(5-6-25-13)21-18(10)22/h3-7,23H,19H2,1-2H3,(H2,20,24). The Morgan fingerprint density at radius 1 is 1.28 bits per heavy atom. The van der Waals surface area contributed by atoms with Crippen molar-refractivity contribution in [1.82, 2.24) is 9.55 Å². The minimum atomic E-state index is -0.602. The summed E-state index contributed by atoms with van der Waals surface area (Å²) in [6, 6.07) is 7.24. The normalized spacial score (nSPS) is 11.4. The SMILES string of the molecule is Cc1ccc(O)c(C)c1-n1c(N)c(C(N)=O)c2cc3sccc3nc21. The molecule has 0 atom stereocenters. The first-order chi connectivity index (χ1) is 11.9. The molecule has 25 heavy (non-hydrogen) atoms. The molecule has 126 valence electrons. The number of aromatic nitrogens is 2. The Labute approximate surface area is 147 Å². The van der Waals surface area contributed by atoms with Gasteiger partial charge < -0.3 is 16.6 Å². The van der Waals surface area contributed by atoms with Crippen molar-refractivity contribution in [2.75, 3.05) is 5.73 Å². The molecule has 0 aliphatic rings. The maximum Gasteiger partial charge on any atom is 0.253 e. The van der Waals surface area contributed by atoms with Crippen LogP contribution in [0.25, 0.3) is 26.9 Å². The van der Waals surface area contributed by atoms with Crippen LogP contribution in [0.15, 0.2) is 29.6 Å². The number of nitrogens with zero attached hydrogens (tertiary/aromatic N) is 2. The molecule has 0 unspecified atom stereocenters. The van der Waals surface area contributed by atoms with E-state index in [0.29, 0.717) is 22.3 Å². The number of nitrogens with two attached hydrogens (primary N) is 2. The molecular weight excluding hydrogens is 336 g/mol. The van der Waals surface area contributed by atoms with Crippen LogP contribution in [0.2, 0.25) is 0 Å². The lowest BCUT2D eigenvalue weighted by Gasteiger charge is -2.15. The number of primary amides is 1. The Balaban J connectivity index is 2.23. The van der Waals surface area contributed by atoms with Crippen LogP contribution in [0.3, 0.4) is 0 Å². The number of aryl methyl sites for hydroxylation is 1. The van der Waals surface area contributed by atoms with Crippen molar-refractivity contribution in [3.63, 3.8) is 0 Å². The number of anilines is 1. The van der Waals surface area contributed by atoms with Gasteiger partial charge in [0.05, 0.1) is 21.5 Å². The van der Waals surface area contributed by atoms with Gasteiger partial charge in [0.25, 0.3) is 5.91 Å². The first-order valence-electron chi connectivity index (χ1n) is 7.67. The molecular formula is C18H16N4O2S. The average Bonchev–Trinajstić information content (AvgIpc) is 3.11. The summed E-state index contributed by atoms with van der Waals surface area (Å²) in [4.78, 5) is 16.7. The highest BCUT2D eigenvalue weighted by Crippen LogP contribution is 2.37. The molecule has 6 nitrogen and oxygen atoms in total. The van der Waals surface area contributed by atoms with Gasteiger partial charge in [-0.2, -0.15) is 0 Å². The number of phenolic OH excluding ortho intramolecular Hbond substituents is 1. The zero-order valence-corrected chi connectivity index (χ0v) is 14.5. The molecule has 0 fully saturated rings. The smallest absolute Gasteiger partial charge is 0.253 e. The molecule has 4 aromatic rings. The summed E-state index contributed by atoms with van der Waals surface area (Å²) in [7, 11) is 0. The predicted molar refractivity (Wildman–Crippen MR) is 101 cm³/mol. The molecule has 0 radical (unpaired) electrons. The summed E-state index contributed by atoms with van der Waals surface area (Å²) in [6.45, 7) is 3.72. The van der Waals surface area contributed by atoms with Crippen molar-refractivity contribution in [3.05, 3.63) is 46.3 Å². The summed E-state index contributed by atoms with van der Waals surface area (Å²) >= 11 is 1.54. The molecule has 3 heterocycles. The van der Waals surface area contributed by atoms with Gasteiger partial charge in [-0.15, -0.1) is 11.3 Å². The Morgan fingerprint density at radius 2 is 2.04 bits per heavy atom. The van der Waals surface area contributed by atoms with E-state index < -0.39 is 5.91 Å². The Bertz CT molecular complexity index is 1170. The summed E-state index contributed by atoms with van der Waals surface area (Å²) < 4.78 is 2.66. The zero-order valence-electron chi connectivity index (χ0n) is 13.7. The quantitative estimate of drug-likeness (QED) is 0.515. The van der Waals surface area contributed by atoms with Gasteiger partial charge in [-0.25, -0.2) is 4.98 Å². The number of fused-ring (bicyclic) bond motifs is 2. The highest BCUT2D eigenvalue weighted by Gasteiger charge is 2.24. The van der Waals surface area contributed by atoms with Crippen molar-refractivity contribution >= 4 is 44.3 Å². The summed E-state index contributed by atoms with van der Waals surface area (Å²) in [5.74, 6) is -0.224. The van der Waals surface area contributed by atoms with E-state index in [-0.39, 0.29) is 17.1 Å². The maximum absolute atomic E-state index is 12.0. The molecule has 7 heteroatoms. The van der Waals surface area contributed by atoms with Crippen LogP contribution in [0.4, 0.5) is 5.82 Å². The lowest BCUT2D eigenvalue weighted by Crippen LogP contribution is -2.14. The molecule has 0 saturated heterocycles. The van der Waals surface area contributed by atoms with Crippen molar-refractivity contribution in [1.29, 1.82) is 0 Å². The van der Waals surface area contributed by atoms with Crippen LogP contribution < -0.4 is 11.5 Å². The van der Waals surface area contributed by atoms with E-state index in [4.69, 9.17) is 16.5 Å². The predicted octanol–water partition coefficient (Wildman–Crippen LogP) is 3.24. The fraction of sp³-hybridized carbons (Fsp3) is 0.111. The summed E-state index contributed by atoms with van der Waals surface area (Å²) in [5, 5.41) is 12.7. The van der Waals surface area contributed by atoms with Crippen LogP contribution in [0.1, 0.15) is 21.5 Å². The summed E-state index contributed by atoms with van der Waals surface area (Å²) in [5.41, 5.74) is 15.8. The van der Waals surface area contributed by atoms with E-state index in [1.165, 1.54) is 11.3 Å². The van der Waals surface area contributed by atoms with Gasteiger partial charge in [0.15, 0.2) is 0 Å². The van der Waals surface area contributed by atoms with Crippen LogP contribution in [0, 0.1) is 13.8 Å². The number of rotatable bonds is 2. The second-order valence-corrected chi connectivity index (χ2v) is 6.95. The van der Waals surface area contributed by atoms with E-state index in [1.54, 1.807) is 23.6 Å². The fourth-order valence-electron chi connectivity index (χ4n) is 3.26. The molecule has 1 amide bonds. The fourth-order valence-corrected chi connectivity index (χ4v) is 4.02. The minimum Gasteiger partial charge on any atom is -0.508 e. The number of amides is 1. The molecule has 0 spiro atoms. The van der Waals surface area contributed by atoms with E-state index in [2.05, 4.69) is 0 Å². The lowest BCUT2D eigenvalue weighted by atomic mass is 10.1. The first-order valence-corrected chi connectivity index (χ1v) is 8.55. The van der Waals surface area contributed by atoms with Crippen LogP contribution >= 0.6 is 11.3 Å². The largest absolute Gasteiger partial charge is 0.508 e. The molecule has 0 bridgehead atoms. The van der Waals surface area contributed by atoms with Gasteiger partial charge in [-0.05, 0) is 43.0 Å². The van der Waals surface area contributed by atoms with Gasteiger partial charge in [0.1, 0.15) is 17.2 Å². The Hall–Kier alpha value is -3.06. The van der Waals surface area contributed by atoms with Gasteiger partial charge in [0.2, 0.25) is 0 Å². The van der Waals surface area contributed by atoms with Crippen molar-refractivity contribution in [2.45, 2.75) is 13.8 Å². The number of carbonyl (C=O) groups excluding carboxylic acids is 1. The number of hydrogen-bond acceptors (Lipinski definition) is 5. The number of hydrogen-bond donors (Lipinski definition) is 3. The van der Waals surface area contributed by atoms with Gasteiger partial charge >= 0.3 is 0 Å². The van der Waals surface area contributed by atoms with Crippen molar-refractivity contribution in [2.24, 2.45) is 5.73 Å².